The molecule has 1 rings (SSSR count). The van der Waals surface area contributed by atoms with Gasteiger partial charge in [-0.05, 0) is 41.4 Å². The monoisotopic (exact) mass is 293 g/mol. The van der Waals surface area contributed by atoms with Crippen molar-refractivity contribution in [2.24, 2.45) is 11.1 Å². The standard InChI is InChI=1S/C18H31NO2/c1-17(2,3)13-18(4,5)14-6-8-16(9-7-14)21-11-10-15(19)12-20/h6-9,15,20H,10-13,19H2,1-5H3. The third-order valence-corrected chi connectivity index (χ3v) is 3.60. The molecule has 0 fully saturated rings. The van der Waals surface area contributed by atoms with Crippen LogP contribution in [-0.4, -0.2) is 24.4 Å². The fourth-order valence-electron chi connectivity index (χ4n) is 2.85. The predicted octanol–water partition coefficient (Wildman–Crippen LogP) is 3.49. The largest absolute Gasteiger partial charge is 0.494 e. The molecule has 0 spiro atoms. The Hall–Kier alpha value is -1.06. The zero-order valence-corrected chi connectivity index (χ0v) is 14.1. The Morgan fingerprint density at radius 1 is 1.10 bits per heavy atom. The second-order valence-electron chi connectivity index (χ2n) is 7.73. The number of hydrogen-bond acceptors (Lipinski definition) is 3. The Labute approximate surface area is 129 Å². The van der Waals surface area contributed by atoms with Crippen LogP contribution in [0, 0.1) is 5.41 Å². The number of ether oxygens (including phenoxy) is 1. The van der Waals surface area contributed by atoms with Crippen molar-refractivity contribution >= 4 is 0 Å². The van der Waals surface area contributed by atoms with E-state index in [1.54, 1.807) is 0 Å². The van der Waals surface area contributed by atoms with Gasteiger partial charge in [-0.15, -0.1) is 0 Å². The smallest absolute Gasteiger partial charge is 0.119 e. The van der Waals surface area contributed by atoms with Crippen LogP contribution in [0.25, 0.3) is 0 Å². The molecule has 0 aliphatic heterocycles. The first-order valence-corrected chi connectivity index (χ1v) is 7.74. The molecule has 3 N–H and O–H groups in total. The van der Waals surface area contributed by atoms with Gasteiger partial charge >= 0.3 is 0 Å². The quantitative estimate of drug-likeness (QED) is 0.809. The van der Waals surface area contributed by atoms with Gasteiger partial charge < -0.3 is 15.6 Å². The first-order valence-electron chi connectivity index (χ1n) is 7.74. The topological polar surface area (TPSA) is 55.5 Å². The molecular formula is C18H31NO2. The molecule has 0 aliphatic rings. The first-order chi connectivity index (χ1) is 9.64. The summed E-state index contributed by atoms with van der Waals surface area (Å²) in [5.74, 6) is 0.857. The fraction of sp³-hybridized carbons (Fsp3) is 0.667. The SMILES string of the molecule is CC(C)(C)CC(C)(C)c1ccc(OCCC(N)CO)cc1. The van der Waals surface area contributed by atoms with Crippen LogP contribution in [0.15, 0.2) is 24.3 Å². The lowest BCUT2D eigenvalue weighted by Gasteiger charge is -2.33. The van der Waals surface area contributed by atoms with Crippen molar-refractivity contribution in [3.8, 4) is 5.75 Å². The zero-order chi connectivity index (χ0) is 16.1. The molecule has 0 radical (unpaired) electrons. The lowest BCUT2D eigenvalue weighted by Crippen LogP contribution is -2.26. The average molecular weight is 293 g/mol. The molecule has 0 saturated heterocycles. The number of nitrogens with two attached hydrogens (primary N) is 1. The lowest BCUT2D eigenvalue weighted by molar-refractivity contribution is 0.230. The molecule has 0 bridgehead atoms. The van der Waals surface area contributed by atoms with Gasteiger partial charge in [0.05, 0.1) is 13.2 Å². The molecule has 0 aromatic heterocycles. The molecule has 1 atom stereocenters. The molecule has 1 aromatic rings. The maximum atomic E-state index is 8.87. The summed E-state index contributed by atoms with van der Waals surface area (Å²) < 4.78 is 5.66. The summed E-state index contributed by atoms with van der Waals surface area (Å²) in [5, 5.41) is 8.87. The molecule has 1 aromatic carbocycles. The van der Waals surface area contributed by atoms with E-state index in [-0.39, 0.29) is 18.1 Å². The predicted molar refractivity (Wildman–Crippen MR) is 88.7 cm³/mol. The minimum absolute atomic E-state index is 0.00326. The highest BCUT2D eigenvalue weighted by molar-refractivity contribution is 5.31. The molecule has 120 valence electrons. The Balaban J connectivity index is 2.61. The average Bonchev–Trinajstić information content (AvgIpc) is 2.36. The van der Waals surface area contributed by atoms with Crippen molar-refractivity contribution in [3.05, 3.63) is 29.8 Å². The highest BCUT2D eigenvalue weighted by atomic mass is 16.5. The molecule has 0 aliphatic carbocycles. The Morgan fingerprint density at radius 3 is 2.14 bits per heavy atom. The van der Waals surface area contributed by atoms with Crippen molar-refractivity contribution in [1.29, 1.82) is 0 Å². The third kappa shape index (κ3) is 6.49. The van der Waals surface area contributed by atoms with E-state index < -0.39 is 0 Å². The second kappa shape index (κ2) is 7.28. The summed E-state index contributed by atoms with van der Waals surface area (Å²) in [5.41, 5.74) is 7.43. The van der Waals surface area contributed by atoms with Gasteiger partial charge in [0.2, 0.25) is 0 Å². The van der Waals surface area contributed by atoms with Gasteiger partial charge in [-0.2, -0.15) is 0 Å². The van der Waals surface area contributed by atoms with Crippen LogP contribution in [0.2, 0.25) is 0 Å². The van der Waals surface area contributed by atoms with Gasteiger partial charge in [-0.1, -0.05) is 46.8 Å². The molecule has 3 heteroatoms. The minimum atomic E-state index is -0.199. The Kier molecular flexibility index (Phi) is 6.24. The van der Waals surface area contributed by atoms with Crippen molar-refractivity contribution in [2.45, 2.75) is 58.9 Å². The van der Waals surface area contributed by atoms with E-state index in [0.717, 1.165) is 12.2 Å². The van der Waals surface area contributed by atoms with E-state index in [4.69, 9.17) is 15.6 Å². The van der Waals surface area contributed by atoms with Crippen LogP contribution in [-0.2, 0) is 5.41 Å². The van der Waals surface area contributed by atoms with E-state index in [1.165, 1.54) is 5.56 Å². The second-order valence-corrected chi connectivity index (χ2v) is 7.73. The lowest BCUT2D eigenvalue weighted by atomic mass is 9.72. The van der Waals surface area contributed by atoms with Gasteiger partial charge in [-0.3, -0.25) is 0 Å². The summed E-state index contributed by atoms with van der Waals surface area (Å²) >= 11 is 0. The van der Waals surface area contributed by atoms with Crippen LogP contribution in [0.1, 0.15) is 53.0 Å². The summed E-state index contributed by atoms with van der Waals surface area (Å²) in [6.07, 6.45) is 1.79. The zero-order valence-electron chi connectivity index (χ0n) is 14.1. The molecule has 0 heterocycles. The van der Waals surface area contributed by atoms with Gasteiger partial charge in [0, 0.05) is 6.04 Å². The molecule has 0 saturated carbocycles. The van der Waals surface area contributed by atoms with Crippen LogP contribution >= 0.6 is 0 Å². The number of benzene rings is 1. The number of aliphatic hydroxyl groups excluding tert-OH is 1. The number of hydrogen-bond donors (Lipinski definition) is 2. The van der Waals surface area contributed by atoms with Gasteiger partial charge in [-0.25, -0.2) is 0 Å². The fourth-order valence-corrected chi connectivity index (χ4v) is 2.85. The van der Waals surface area contributed by atoms with Crippen LogP contribution in [0.5, 0.6) is 5.75 Å². The van der Waals surface area contributed by atoms with Crippen molar-refractivity contribution < 1.29 is 9.84 Å². The summed E-state index contributed by atoms with van der Waals surface area (Å²) in [4.78, 5) is 0. The van der Waals surface area contributed by atoms with E-state index in [1.807, 2.05) is 12.1 Å². The molecule has 21 heavy (non-hydrogen) atoms. The first kappa shape index (κ1) is 18.0. The van der Waals surface area contributed by atoms with Crippen molar-refractivity contribution in [3.63, 3.8) is 0 Å². The van der Waals surface area contributed by atoms with Crippen LogP contribution < -0.4 is 10.5 Å². The summed E-state index contributed by atoms with van der Waals surface area (Å²) in [6.45, 7) is 11.9. The van der Waals surface area contributed by atoms with E-state index in [9.17, 15) is 0 Å². The van der Waals surface area contributed by atoms with Crippen LogP contribution in [0.4, 0.5) is 0 Å². The number of aliphatic hydroxyl groups is 1. The minimum Gasteiger partial charge on any atom is -0.494 e. The van der Waals surface area contributed by atoms with E-state index >= 15 is 0 Å². The highest BCUT2D eigenvalue weighted by Gasteiger charge is 2.27. The van der Waals surface area contributed by atoms with Gasteiger partial charge in [0.15, 0.2) is 0 Å². The normalized spacial score (nSPS) is 14.0. The Bertz CT molecular complexity index is 418. The molecule has 3 nitrogen and oxygen atoms in total. The summed E-state index contributed by atoms with van der Waals surface area (Å²) in [6, 6.07) is 8.13. The third-order valence-electron chi connectivity index (χ3n) is 3.60. The molecule has 0 amide bonds. The maximum absolute atomic E-state index is 8.87. The Morgan fingerprint density at radius 2 is 1.67 bits per heavy atom. The number of rotatable bonds is 7. The van der Waals surface area contributed by atoms with E-state index in [2.05, 4.69) is 46.8 Å². The molecule has 1 unspecified atom stereocenters. The van der Waals surface area contributed by atoms with Gasteiger partial charge in [0.25, 0.3) is 0 Å². The highest BCUT2D eigenvalue weighted by Crippen LogP contribution is 2.36. The van der Waals surface area contributed by atoms with E-state index in [0.29, 0.717) is 18.4 Å². The van der Waals surface area contributed by atoms with Crippen LogP contribution in [0.3, 0.4) is 0 Å². The molecular weight excluding hydrogens is 262 g/mol. The van der Waals surface area contributed by atoms with Crippen molar-refractivity contribution in [1.82, 2.24) is 0 Å². The summed E-state index contributed by atoms with van der Waals surface area (Å²) in [7, 11) is 0. The van der Waals surface area contributed by atoms with Gasteiger partial charge in [0.1, 0.15) is 5.75 Å². The maximum Gasteiger partial charge on any atom is 0.119 e. The van der Waals surface area contributed by atoms with Crippen molar-refractivity contribution in [2.75, 3.05) is 13.2 Å².